The average Bonchev–Trinajstić information content (AvgIpc) is 3.09. The van der Waals surface area contributed by atoms with Crippen molar-refractivity contribution in [1.82, 2.24) is 5.01 Å². The lowest BCUT2D eigenvalue weighted by molar-refractivity contribution is 0.174. The molecule has 122 valence electrons. The van der Waals surface area contributed by atoms with Gasteiger partial charge < -0.3 is 14.2 Å². The molecule has 2 aliphatic heterocycles. The maximum Gasteiger partial charge on any atom is 0.231 e. The van der Waals surface area contributed by atoms with Crippen molar-refractivity contribution in [3.63, 3.8) is 0 Å². The van der Waals surface area contributed by atoms with Gasteiger partial charge in [-0.1, -0.05) is 6.07 Å². The van der Waals surface area contributed by atoms with Gasteiger partial charge in [0.2, 0.25) is 6.79 Å². The van der Waals surface area contributed by atoms with E-state index in [1.54, 1.807) is 12.1 Å². The van der Waals surface area contributed by atoms with Crippen LogP contribution in [0.3, 0.4) is 0 Å². The lowest BCUT2D eigenvalue weighted by atomic mass is 9.77. The summed E-state index contributed by atoms with van der Waals surface area (Å²) < 4.78 is 16.8. The second-order valence-corrected chi connectivity index (χ2v) is 6.30. The first-order valence-electron chi connectivity index (χ1n) is 8.02. The number of nitroso groups, excluding NO2 is 1. The summed E-state index contributed by atoms with van der Waals surface area (Å²) in [5, 5.41) is 4.91. The van der Waals surface area contributed by atoms with Gasteiger partial charge in [0.1, 0.15) is 5.75 Å². The van der Waals surface area contributed by atoms with Crippen LogP contribution in [-0.2, 0) is 12.8 Å². The van der Waals surface area contributed by atoms with Crippen molar-refractivity contribution in [2.45, 2.75) is 18.9 Å². The molecule has 0 bridgehead atoms. The van der Waals surface area contributed by atoms with E-state index in [1.165, 1.54) is 5.56 Å². The minimum absolute atomic E-state index is 0.0599. The van der Waals surface area contributed by atoms with Crippen LogP contribution in [0.2, 0.25) is 0 Å². The summed E-state index contributed by atoms with van der Waals surface area (Å²) in [6, 6.07) is 8.06. The number of fused-ring (bicyclic) bond motifs is 4. The molecule has 0 amide bonds. The third-order valence-corrected chi connectivity index (χ3v) is 5.19. The van der Waals surface area contributed by atoms with Crippen LogP contribution in [0.4, 0.5) is 0 Å². The van der Waals surface area contributed by atoms with Crippen molar-refractivity contribution in [2.24, 2.45) is 5.29 Å². The van der Waals surface area contributed by atoms with Crippen molar-refractivity contribution in [1.29, 1.82) is 0 Å². The fraction of sp³-hybridized carbons (Fsp3) is 0.333. The van der Waals surface area contributed by atoms with Gasteiger partial charge in [-0.3, -0.25) is 5.01 Å². The van der Waals surface area contributed by atoms with E-state index in [1.807, 2.05) is 12.1 Å². The number of hydrogen-bond donors (Lipinski definition) is 0. The summed E-state index contributed by atoms with van der Waals surface area (Å²) in [7, 11) is 1.66. The number of methoxy groups -OCH3 is 1. The van der Waals surface area contributed by atoms with Crippen LogP contribution < -0.4 is 14.2 Å². The van der Waals surface area contributed by atoms with Crippen LogP contribution in [0.15, 0.2) is 29.6 Å². The quantitative estimate of drug-likeness (QED) is 0.794. The molecule has 0 saturated carbocycles. The van der Waals surface area contributed by atoms with Gasteiger partial charge in [0.05, 0.1) is 18.4 Å². The van der Waals surface area contributed by atoms with Gasteiger partial charge in [-0.05, 0) is 53.3 Å². The van der Waals surface area contributed by atoms with Crippen LogP contribution in [0.25, 0.3) is 11.1 Å². The third-order valence-electron chi connectivity index (χ3n) is 5.19. The van der Waals surface area contributed by atoms with Crippen molar-refractivity contribution >= 4 is 0 Å². The van der Waals surface area contributed by atoms with Crippen molar-refractivity contribution in [2.75, 3.05) is 20.4 Å². The number of benzene rings is 2. The molecule has 0 radical (unpaired) electrons. The zero-order valence-corrected chi connectivity index (χ0v) is 13.2. The highest BCUT2D eigenvalue weighted by Gasteiger charge is 2.39. The summed E-state index contributed by atoms with van der Waals surface area (Å²) in [4.78, 5) is 11.3. The van der Waals surface area contributed by atoms with E-state index in [2.05, 4.69) is 17.4 Å². The minimum Gasteiger partial charge on any atom is -0.497 e. The summed E-state index contributed by atoms with van der Waals surface area (Å²) >= 11 is 0. The Labute approximate surface area is 138 Å². The van der Waals surface area contributed by atoms with E-state index in [0.29, 0.717) is 6.54 Å². The highest BCUT2D eigenvalue weighted by Crippen LogP contribution is 2.54. The Morgan fingerprint density at radius 1 is 1.25 bits per heavy atom. The SMILES string of the molecule is COc1ccc2c(c1)C[C@@H]1c3c(cc4c(c3-2)OCO4)CCN1N=O. The van der Waals surface area contributed by atoms with Gasteiger partial charge in [0.25, 0.3) is 0 Å². The van der Waals surface area contributed by atoms with Gasteiger partial charge in [0.15, 0.2) is 11.5 Å². The maximum atomic E-state index is 11.3. The second kappa shape index (κ2) is 4.87. The van der Waals surface area contributed by atoms with Gasteiger partial charge in [0, 0.05) is 12.1 Å². The molecule has 0 N–H and O–H groups in total. The highest BCUT2D eigenvalue weighted by atomic mass is 16.7. The van der Waals surface area contributed by atoms with E-state index < -0.39 is 0 Å². The molecule has 0 spiro atoms. The van der Waals surface area contributed by atoms with E-state index >= 15 is 0 Å². The molecule has 2 aromatic rings. The summed E-state index contributed by atoms with van der Waals surface area (Å²) in [6.45, 7) is 0.858. The number of ether oxygens (including phenoxy) is 3. The Balaban J connectivity index is 1.82. The highest BCUT2D eigenvalue weighted by molar-refractivity contribution is 5.84. The topological polar surface area (TPSA) is 60.4 Å². The lowest BCUT2D eigenvalue weighted by Crippen LogP contribution is -2.34. The van der Waals surface area contributed by atoms with Crippen molar-refractivity contribution in [3.05, 3.63) is 45.9 Å². The third kappa shape index (κ3) is 1.71. The Morgan fingerprint density at radius 3 is 3.00 bits per heavy atom. The molecular formula is C18H16N2O4. The Morgan fingerprint density at radius 2 is 2.17 bits per heavy atom. The first-order chi connectivity index (χ1) is 11.8. The predicted octanol–water partition coefficient (Wildman–Crippen LogP) is 3.23. The maximum absolute atomic E-state index is 11.3. The molecule has 5 rings (SSSR count). The molecule has 0 aromatic heterocycles. The summed E-state index contributed by atoms with van der Waals surface area (Å²) in [5.74, 6) is 2.37. The molecule has 1 aliphatic carbocycles. The molecule has 0 unspecified atom stereocenters. The Hall–Kier alpha value is -2.76. The smallest absolute Gasteiger partial charge is 0.231 e. The normalized spacial score (nSPS) is 19.5. The molecule has 0 fully saturated rings. The van der Waals surface area contributed by atoms with E-state index in [4.69, 9.17) is 14.2 Å². The monoisotopic (exact) mass is 324 g/mol. The first kappa shape index (κ1) is 13.7. The zero-order valence-electron chi connectivity index (χ0n) is 13.2. The average molecular weight is 324 g/mol. The van der Waals surface area contributed by atoms with Crippen LogP contribution in [0.1, 0.15) is 22.7 Å². The molecule has 0 saturated heterocycles. The largest absolute Gasteiger partial charge is 0.497 e. The number of hydrogen-bond acceptors (Lipinski definition) is 5. The fourth-order valence-corrected chi connectivity index (χ4v) is 4.13. The number of rotatable bonds is 2. The molecule has 2 heterocycles. The second-order valence-electron chi connectivity index (χ2n) is 6.30. The van der Waals surface area contributed by atoms with Crippen LogP contribution >= 0.6 is 0 Å². The van der Waals surface area contributed by atoms with E-state index in [-0.39, 0.29) is 12.8 Å². The molecular weight excluding hydrogens is 308 g/mol. The van der Waals surface area contributed by atoms with Gasteiger partial charge >= 0.3 is 0 Å². The van der Waals surface area contributed by atoms with Gasteiger partial charge in [-0.15, -0.1) is 4.91 Å². The molecule has 1 atom stereocenters. The minimum atomic E-state index is -0.0599. The lowest BCUT2D eigenvalue weighted by Gasteiger charge is -2.38. The van der Waals surface area contributed by atoms with Gasteiger partial charge in [-0.25, -0.2) is 0 Å². The Bertz CT molecular complexity index is 865. The molecule has 2 aromatic carbocycles. The van der Waals surface area contributed by atoms with Gasteiger partial charge in [-0.2, -0.15) is 0 Å². The van der Waals surface area contributed by atoms with Crippen molar-refractivity contribution < 1.29 is 14.2 Å². The summed E-state index contributed by atoms with van der Waals surface area (Å²) in [6.07, 6.45) is 1.52. The van der Waals surface area contributed by atoms with Crippen LogP contribution in [0, 0.1) is 4.91 Å². The summed E-state index contributed by atoms with van der Waals surface area (Å²) in [5.41, 5.74) is 5.68. The zero-order chi connectivity index (χ0) is 16.3. The van der Waals surface area contributed by atoms with E-state index in [9.17, 15) is 4.91 Å². The predicted molar refractivity (Wildman–Crippen MR) is 87.2 cm³/mol. The Kier molecular flexibility index (Phi) is 2.77. The number of nitrogens with zero attached hydrogens (tertiary/aromatic N) is 2. The van der Waals surface area contributed by atoms with Crippen LogP contribution in [-0.4, -0.2) is 25.5 Å². The van der Waals surface area contributed by atoms with E-state index in [0.717, 1.165) is 52.3 Å². The molecule has 3 aliphatic rings. The molecule has 24 heavy (non-hydrogen) atoms. The van der Waals surface area contributed by atoms with Crippen LogP contribution in [0.5, 0.6) is 17.2 Å². The van der Waals surface area contributed by atoms with Crippen molar-refractivity contribution in [3.8, 4) is 28.4 Å². The first-order valence-corrected chi connectivity index (χ1v) is 8.02. The molecule has 6 heteroatoms. The standard InChI is InChI=1S/C18H16N2O4/c1-22-12-2-3-13-11(6-12)7-14-16-10(4-5-20(14)19-21)8-15-18(17(13)16)24-9-23-15/h2-3,6,8,14H,4-5,7,9H2,1H3/t14-/m1/s1. The molecule has 6 nitrogen and oxygen atoms in total. The fourth-order valence-electron chi connectivity index (χ4n) is 4.13.